The van der Waals surface area contributed by atoms with Gasteiger partial charge in [0.15, 0.2) is 11.5 Å². The van der Waals surface area contributed by atoms with Crippen molar-refractivity contribution in [3.05, 3.63) is 59.7 Å². The molecule has 0 radical (unpaired) electrons. The molecule has 0 unspecified atom stereocenters. The van der Waals surface area contributed by atoms with Gasteiger partial charge in [0.1, 0.15) is 5.75 Å². The first-order valence-electron chi connectivity index (χ1n) is 9.41. The lowest BCUT2D eigenvalue weighted by Gasteiger charge is -2.05. The van der Waals surface area contributed by atoms with Crippen molar-refractivity contribution in [2.45, 2.75) is 27.3 Å². The van der Waals surface area contributed by atoms with E-state index in [1.54, 1.807) is 24.3 Å². The van der Waals surface area contributed by atoms with Crippen LogP contribution in [0.2, 0.25) is 0 Å². The zero-order valence-corrected chi connectivity index (χ0v) is 16.2. The summed E-state index contributed by atoms with van der Waals surface area (Å²) in [5.74, 6) is 1.05. The minimum absolute atomic E-state index is 0.213. The van der Waals surface area contributed by atoms with Crippen LogP contribution in [-0.4, -0.2) is 27.3 Å². The molecule has 4 rings (SSSR count). The molecular weight excluding hydrogens is 352 g/mol. The third kappa shape index (κ3) is 3.29. The first-order valence-corrected chi connectivity index (χ1v) is 9.41. The van der Waals surface area contributed by atoms with E-state index in [2.05, 4.69) is 16.5 Å². The van der Waals surface area contributed by atoms with Crippen molar-refractivity contribution in [1.82, 2.24) is 14.8 Å². The summed E-state index contributed by atoms with van der Waals surface area (Å²) in [6.45, 7) is 7.24. The van der Waals surface area contributed by atoms with Gasteiger partial charge in [-0.1, -0.05) is 11.6 Å². The topological polar surface area (TPSA) is 69.0 Å². The van der Waals surface area contributed by atoms with Gasteiger partial charge in [0.25, 0.3) is 5.91 Å². The Kier molecular flexibility index (Phi) is 4.69. The summed E-state index contributed by atoms with van der Waals surface area (Å²) in [4.78, 5) is 17.5. The molecular formula is C22H22N4O2. The molecule has 4 aromatic rings. The largest absolute Gasteiger partial charge is 0.494 e. The number of carbonyl (C=O) groups is 1. The molecule has 6 heteroatoms. The second kappa shape index (κ2) is 7.31. The first kappa shape index (κ1) is 18.0. The lowest BCUT2D eigenvalue weighted by molar-refractivity contribution is 0.102. The van der Waals surface area contributed by atoms with Crippen LogP contribution in [0.3, 0.4) is 0 Å². The van der Waals surface area contributed by atoms with Crippen LogP contribution >= 0.6 is 0 Å². The highest BCUT2D eigenvalue weighted by Crippen LogP contribution is 2.27. The zero-order chi connectivity index (χ0) is 19.7. The molecule has 1 amide bonds. The van der Waals surface area contributed by atoms with Crippen molar-refractivity contribution < 1.29 is 9.53 Å². The Morgan fingerprint density at radius 3 is 2.61 bits per heavy atom. The predicted molar refractivity (Wildman–Crippen MR) is 111 cm³/mol. The van der Waals surface area contributed by atoms with Gasteiger partial charge in [-0.05, 0) is 63.2 Å². The number of rotatable bonds is 5. The monoisotopic (exact) mass is 374 g/mol. The molecule has 0 aliphatic carbocycles. The number of ether oxygens (including phenoxy) is 1. The molecule has 0 aliphatic rings. The fourth-order valence-corrected chi connectivity index (χ4v) is 3.24. The lowest BCUT2D eigenvalue weighted by atomic mass is 10.1. The number of hydrogen-bond acceptors (Lipinski definition) is 4. The normalized spacial score (nSPS) is 11.1. The van der Waals surface area contributed by atoms with Crippen molar-refractivity contribution in [3.63, 3.8) is 0 Å². The van der Waals surface area contributed by atoms with Gasteiger partial charge >= 0.3 is 0 Å². The molecule has 0 bridgehead atoms. The van der Waals surface area contributed by atoms with Gasteiger partial charge < -0.3 is 10.1 Å². The molecule has 2 aromatic heterocycles. The molecule has 1 N–H and O–H groups in total. The minimum Gasteiger partial charge on any atom is -0.494 e. The summed E-state index contributed by atoms with van der Waals surface area (Å²) in [6, 6.07) is 15.3. The highest BCUT2D eigenvalue weighted by Gasteiger charge is 2.16. The highest BCUT2D eigenvalue weighted by atomic mass is 16.5. The predicted octanol–water partition coefficient (Wildman–Crippen LogP) is 4.56. The van der Waals surface area contributed by atoms with Gasteiger partial charge in [0.2, 0.25) is 0 Å². The molecule has 0 aliphatic heterocycles. The van der Waals surface area contributed by atoms with Gasteiger partial charge in [-0.25, -0.2) is 9.67 Å². The van der Waals surface area contributed by atoms with Gasteiger partial charge in [-0.15, -0.1) is 0 Å². The van der Waals surface area contributed by atoms with E-state index in [1.165, 1.54) is 0 Å². The molecule has 2 aromatic carbocycles. The zero-order valence-electron chi connectivity index (χ0n) is 16.2. The van der Waals surface area contributed by atoms with E-state index < -0.39 is 0 Å². The second-order valence-electron chi connectivity index (χ2n) is 6.63. The average Bonchev–Trinajstić information content (AvgIpc) is 3.03. The molecule has 0 spiro atoms. The van der Waals surface area contributed by atoms with Crippen molar-refractivity contribution >= 4 is 33.7 Å². The summed E-state index contributed by atoms with van der Waals surface area (Å²) < 4.78 is 7.24. The number of fused-ring (bicyclic) bond motifs is 2. The van der Waals surface area contributed by atoms with Crippen LogP contribution in [0.1, 0.15) is 29.8 Å². The van der Waals surface area contributed by atoms with Crippen LogP contribution in [0.15, 0.2) is 48.5 Å². The number of carbonyl (C=O) groups excluding carboxylic acids is 1. The van der Waals surface area contributed by atoms with Crippen molar-refractivity contribution in [1.29, 1.82) is 0 Å². The molecule has 0 atom stereocenters. The standard InChI is InChI=1S/C22H22N4O2/c1-4-26-21-18(13-16-12-14(3)6-11-19(16)23-21)20(25-26)24-22(27)15-7-9-17(10-8-15)28-5-2/h6-13H,4-5H2,1-3H3,(H,24,25,27). The molecule has 0 saturated heterocycles. The summed E-state index contributed by atoms with van der Waals surface area (Å²) in [6.07, 6.45) is 0. The Morgan fingerprint density at radius 1 is 1.11 bits per heavy atom. The number of aromatic nitrogens is 3. The van der Waals surface area contributed by atoms with E-state index in [0.717, 1.165) is 33.2 Å². The second-order valence-corrected chi connectivity index (χ2v) is 6.63. The molecule has 28 heavy (non-hydrogen) atoms. The van der Waals surface area contributed by atoms with Crippen molar-refractivity contribution in [3.8, 4) is 5.75 Å². The molecule has 0 fully saturated rings. The number of nitrogens with zero attached hydrogens (tertiary/aromatic N) is 3. The first-order chi connectivity index (χ1) is 13.6. The maximum Gasteiger partial charge on any atom is 0.256 e. The summed E-state index contributed by atoms with van der Waals surface area (Å²) in [5.41, 5.74) is 3.39. The summed E-state index contributed by atoms with van der Waals surface area (Å²) in [7, 11) is 0. The smallest absolute Gasteiger partial charge is 0.256 e. The minimum atomic E-state index is -0.213. The molecule has 142 valence electrons. The van der Waals surface area contributed by atoms with E-state index in [0.29, 0.717) is 24.5 Å². The fraction of sp³-hybridized carbons (Fsp3) is 0.227. The van der Waals surface area contributed by atoms with E-state index >= 15 is 0 Å². The van der Waals surface area contributed by atoms with E-state index in [4.69, 9.17) is 9.72 Å². The van der Waals surface area contributed by atoms with Crippen molar-refractivity contribution in [2.75, 3.05) is 11.9 Å². The highest BCUT2D eigenvalue weighted by molar-refractivity contribution is 6.08. The van der Waals surface area contributed by atoms with Crippen LogP contribution in [0, 0.1) is 6.92 Å². The van der Waals surface area contributed by atoms with Gasteiger partial charge in [-0.2, -0.15) is 5.10 Å². The average molecular weight is 374 g/mol. The van der Waals surface area contributed by atoms with Crippen LogP contribution in [0.5, 0.6) is 5.75 Å². The number of hydrogen-bond donors (Lipinski definition) is 1. The number of benzene rings is 2. The molecule has 6 nitrogen and oxygen atoms in total. The van der Waals surface area contributed by atoms with Crippen LogP contribution in [-0.2, 0) is 6.54 Å². The molecule has 2 heterocycles. The Balaban J connectivity index is 1.72. The van der Waals surface area contributed by atoms with Crippen LogP contribution in [0.4, 0.5) is 5.82 Å². The number of nitrogens with one attached hydrogen (secondary N) is 1. The SMILES string of the molecule is CCOc1ccc(C(=O)Nc2nn(CC)c3nc4ccc(C)cc4cc23)cc1. The van der Waals surface area contributed by atoms with E-state index in [1.807, 2.05) is 43.7 Å². The molecule has 0 saturated carbocycles. The number of pyridine rings is 1. The Morgan fingerprint density at radius 2 is 1.89 bits per heavy atom. The van der Waals surface area contributed by atoms with Crippen molar-refractivity contribution in [2.24, 2.45) is 0 Å². The summed E-state index contributed by atoms with van der Waals surface area (Å²) >= 11 is 0. The van der Waals surface area contributed by atoms with Crippen LogP contribution < -0.4 is 10.1 Å². The van der Waals surface area contributed by atoms with Gasteiger partial charge in [0, 0.05) is 17.5 Å². The van der Waals surface area contributed by atoms with E-state index in [-0.39, 0.29) is 5.91 Å². The summed E-state index contributed by atoms with van der Waals surface area (Å²) in [5, 5.41) is 9.36. The Bertz CT molecular complexity index is 1160. The van der Waals surface area contributed by atoms with Gasteiger partial charge in [0.05, 0.1) is 17.5 Å². The Labute approximate surface area is 163 Å². The van der Waals surface area contributed by atoms with Crippen LogP contribution in [0.25, 0.3) is 21.9 Å². The maximum absolute atomic E-state index is 12.7. The number of aryl methyl sites for hydroxylation is 2. The number of anilines is 1. The number of amides is 1. The third-order valence-corrected chi connectivity index (χ3v) is 4.63. The lowest BCUT2D eigenvalue weighted by Crippen LogP contribution is -2.12. The maximum atomic E-state index is 12.7. The fourth-order valence-electron chi connectivity index (χ4n) is 3.24. The third-order valence-electron chi connectivity index (χ3n) is 4.63. The van der Waals surface area contributed by atoms with Gasteiger partial charge in [-0.3, -0.25) is 4.79 Å². The van der Waals surface area contributed by atoms with E-state index in [9.17, 15) is 4.79 Å². The Hall–Kier alpha value is -3.41. The quantitative estimate of drug-likeness (QED) is 0.556.